The second-order valence-corrected chi connectivity index (χ2v) is 6.97. The summed E-state index contributed by atoms with van der Waals surface area (Å²) in [5.41, 5.74) is 4.68. The summed E-state index contributed by atoms with van der Waals surface area (Å²) >= 11 is 6.16. The average molecular weight is 398 g/mol. The Balaban J connectivity index is 1.73. The van der Waals surface area contributed by atoms with Gasteiger partial charge in [0.25, 0.3) is 0 Å². The molecule has 0 spiro atoms. The van der Waals surface area contributed by atoms with Crippen LogP contribution >= 0.6 is 11.6 Å². The Morgan fingerprint density at radius 1 is 1.18 bits per heavy atom. The van der Waals surface area contributed by atoms with E-state index in [9.17, 15) is 4.79 Å². The van der Waals surface area contributed by atoms with E-state index in [-0.39, 0.29) is 12.6 Å². The summed E-state index contributed by atoms with van der Waals surface area (Å²) in [6.45, 7) is 4.64. The molecule has 28 heavy (non-hydrogen) atoms. The van der Waals surface area contributed by atoms with E-state index >= 15 is 0 Å². The molecule has 144 valence electrons. The van der Waals surface area contributed by atoms with Gasteiger partial charge in [0.05, 0.1) is 18.7 Å². The van der Waals surface area contributed by atoms with Gasteiger partial charge in [0.2, 0.25) is 0 Å². The van der Waals surface area contributed by atoms with Crippen LogP contribution in [0.2, 0.25) is 5.15 Å². The molecule has 4 rings (SSSR count). The molecule has 3 heterocycles. The number of aromatic nitrogens is 2. The largest absolute Gasteiger partial charge is 0.461 e. The van der Waals surface area contributed by atoms with Crippen molar-refractivity contribution in [3.63, 3.8) is 0 Å². The highest BCUT2D eigenvalue weighted by atomic mass is 35.5. The first-order valence-corrected chi connectivity index (χ1v) is 9.49. The topological polar surface area (TPSA) is 64.5 Å². The van der Waals surface area contributed by atoms with Gasteiger partial charge in [0.15, 0.2) is 0 Å². The first-order valence-electron chi connectivity index (χ1n) is 9.11. The number of rotatable bonds is 4. The van der Waals surface area contributed by atoms with Crippen LogP contribution in [0.1, 0.15) is 12.5 Å². The predicted molar refractivity (Wildman–Crippen MR) is 108 cm³/mol. The molecule has 1 aliphatic rings. The highest BCUT2D eigenvalue weighted by molar-refractivity contribution is 6.30. The van der Waals surface area contributed by atoms with Gasteiger partial charge in [0, 0.05) is 54.6 Å². The van der Waals surface area contributed by atoms with Gasteiger partial charge in [-0.2, -0.15) is 0 Å². The number of fused-ring (bicyclic) bond motifs is 1. The molecule has 0 N–H and O–H groups in total. The maximum Gasteiger partial charge on any atom is 0.302 e. The molecule has 1 aliphatic heterocycles. The van der Waals surface area contributed by atoms with E-state index in [0.29, 0.717) is 10.7 Å². The van der Waals surface area contributed by atoms with Crippen LogP contribution in [0, 0.1) is 0 Å². The standard InChI is InChI=1S/C21H20ClN3O3/c1-14(26)28-13-17-10-16(12-24-21(17)22)15-2-3-19-18(11-15)20(4-5-23-19)25-6-8-27-9-7-25/h2-5,10-12H,6-9,13H2,1H3. The summed E-state index contributed by atoms with van der Waals surface area (Å²) in [5.74, 6) is -0.353. The highest BCUT2D eigenvalue weighted by Crippen LogP contribution is 2.31. The van der Waals surface area contributed by atoms with E-state index in [2.05, 4.69) is 20.9 Å². The molecular weight excluding hydrogens is 378 g/mol. The fourth-order valence-corrected chi connectivity index (χ4v) is 3.48. The fraction of sp³-hybridized carbons (Fsp3) is 0.286. The maximum absolute atomic E-state index is 11.1. The summed E-state index contributed by atoms with van der Waals surface area (Å²) in [4.78, 5) is 22.2. The molecule has 0 amide bonds. The Hall–Kier alpha value is -2.70. The van der Waals surface area contributed by atoms with Gasteiger partial charge in [-0.05, 0) is 29.8 Å². The molecule has 6 nitrogen and oxygen atoms in total. The van der Waals surface area contributed by atoms with Gasteiger partial charge in [-0.3, -0.25) is 9.78 Å². The number of morpholine rings is 1. The monoisotopic (exact) mass is 397 g/mol. The number of nitrogens with zero attached hydrogens (tertiary/aromatic N) is 3. The minimum absolute atomic E-state index is 0.100. The Kier molecular flexibility index (Phi) is 5.41. The molecule has 3 aromatic rings. The molecule has 0 aliphatic carbocycles. The molecule has 1 fully saturated rings. The van der Waals surface area contributed by atoms with Crippen LogP contribution < -0.4 is 4.90 Å². The van der Waals surface area contributed by atoms with Gasteiger partial charge >= 0.3 is 5.97 Å². The van der Waals surface area contributed by atoms with Crippen molar-refractivity contribution in [3.05, 3.63) is 53.4 Å². The third-order valence-electron chi connectivity index (χ3n) is 4.75. The van der Waals surface area contributed by atoms with E-state index in [1.807, 2.05) is 30.5 Å². The number of carbonyl (C=O) groups is 1. The van der Waals surface area contributed by atoms with Gasteiger partial charge in [-0.25, -0.2) is 4.98 Å². The van der Waals surface area contributed by atoms with Crippen molar-refractivity contribution in [1.82, 2.24) is 9.97 Å². The Morgan fingerprint density at radius 3 is 2.79 bits per heavy atom. The van der Waals surface area contributed by atoms with Crippen LogP contribution in [0.4, 0.5) is 5.69 Å². The summed E-state index contributed by atoms with van der Waals surface area (Å²) < 4.78 is 10.6. The average Bonchev–Trinajstić information content (AvgIpc) is 2.73. The quantitative estimate of drug-likeness (QED) is 0.492. The fourth-order valence-electron chi connectivity index (χ4n) is 3.32. The molecule has 1 saturated heterocycles. The van der Waals surface area contributed by atoms with Crippen molar-refractivity contribution in [2.75, 3.05) is 31.2 Å². The number of benzene rings is 1. The zero-order valence-electron chi connectivity index (χ0n) is 15.5. The summed E-state index contributed by atoms with van der Waals surface area (Å²) in [6, 6.07) is 10.1. The minimum atomic E-state index is -0.353. The minimum Gasteiger partial charge on any atom is -0.461 e. The van der Waals surface area contributed by atoms with Gasteiger partial charge in [0.1, 0.15) is 11.8 Å². The van der Waals surface area contributed by atoms with E-state index in [0.717, 1.165) is 54.0 Å². The number of hydrogen-bond donors (Lipinski definition) is 0. The van der Waals surface area contributed by atoms with E-state index in [1.165, 1.54) is 6.92 Å². The van der Waals surface area contributed by atoms with E-state index in [4.69, 9.17) is 21.1 Å². The normalized spacial score (nSPS) is 14.3. The number of esters is 1. The second-order valence-electron chi connectivity index (χ2n) is 6.62. The van der Waals surface area contributed by atoms with Crippen molar-refractivity contribution < 1.29 is 14.3 Å². The highest BCUT2D eigenvalue weighted by Gasteiger charge is 2.15. The van der Waals surface area contributed by atoms with Crippen LogP contribution in [-0.2, 0) is 20.9 Å². The molecule has 0 unspecified atom stereocenters. The van der Waals surface area contributed by atoms with Crippen molar-refractivity contribution in [2.24, 2.45) is 0 Å². The second kappa shape index (κ2) is 8.12. The van der Waals surface area contributed by atoms with Gasteiger partial charge < -0.3 is 14.4 Å². The first kappa shape index (κ1) is 18.7. The Morgan fingerprint density at radius 2 is 2.00 bits per heavy atom. The van der Waals surface area contributed by atoms with E-state index < -0.39 is 0 Å². The molecule has 0 atom stereocenters. The third-order valence-corrected chi connectivity index (χ3v) is 5.09. The van der Waals surface area contributed by atoms with Gasteiger partial charge in [-0.15, -0.1) is 0 Å². The number of pyridine rings is 2. The molecule has 2 aromatic heterocycles. The number of carbonyl (C=O) groups excluding carboxylic acids is 1. The lowest BCUT2D eigenvalue weighted by atomic mass is 10.0. The lowest BCUT2D eigenvalue weighted by Gasteiger charge is -2.29. The first-order chi connectivity index (χ1) is 13.6. The van der Waals surface area contributed by atoms with Crippen LogP contribution in [0.5, 0.6) is 0 Å². The third kappa shape index (κ3) is 3.93. The molecular formula is C21H20ClN3O3. The van der Waals surface area contributed by atoms with Crippen molar-refractivity contribution >= 4 is 34.2 Å². The Labute approximate surface area is 168 Å². The lowest BCUT2D eigenvalue weighted by molar-refractivity contribution is -0.142. The van der Waals surface area contributed by atoms with Crippen LogP contribution in [0.25, 0.3) is 22.0 Å². The van der Waals surface area contributed by atoms with E-state index in [1.54, 1.807) is 6.20 Å². The van der Waals surface area contributed by atoms with Crippen LogP contribution in [-0.4, -0.2) is 42.2 Å². The Bertz CT molecular complexity index is 1020. The summed E-state index contributed by atoms with van der Waals surface area (Å²) in [7, 11) is 0. The van der Waals surface area contributed by atoms with Crippen molar-refractivity contribution in [1.29, 1.82) is 0 Å². The van der Waals surface area contributed by atoms with Crippen molar-refractivity contribution in [3.8, 4) is 11.1 Å². The smallest absolute Gasteiger partial charge is 0.302 e. The summed E-state index contributed by atoms with van der Waals surface area (Å²) in [5, 5.41) is 1.42. The van der Waals surface area contributed by atoms with Crippen LogP contribution in [0.15, 0.2) is 42.7 Å². The SMILES string of the molecule is CC(=O)OCc1cc(-c2ccc3nccc(N4CCOCC4)c3c2)cnc1Cl. The number of ether oxygens (including phenoxy) is 2. The number of halogens is 1. The molecule has 1 aromatic carbocycles. The molecule has 0 radical (unpaired) electrons. The molecule has 0 saturated carbocycles. The van der Waals surface area contributed by atoms with Crippen LogP contribution in [0.3, 0.4) is 0 Å². The van der Waals surface area contributed by atoms with Gasteiger partial charge in [-0.1, -0.05) is 17.7 Å². The molecule has 7 heteroatoms. The number of hydrogen-bond acceptors (Lipinski definition) is 6. The lowest BCUT2D eigenvalue weighted by Crippen LogP contribution is -2.36. The van der Waals surface area contributed by atoms with Crippen molar-refractivity contribution in [2.45, 2.75) is 13.5 Å². The number of anilines is 1. The molecule has 0 bridgehead atoms. The predicted octanol–water partition coefficient (Wildman–Crippen LogP) is 3.85. The maximum atomic E-state index is 11.1. The summed E-state index contributed by atoms with van der Waals surface area (Å²) in [6.07, 6.45) is 3.57. The zero-order chi connectivity index (χ0) is 19.5. The zero-order valence-corrected chi connectivity index (χ0v) is 16.3.